The highest BCUT2D eigenvalue weighted by Gasteiger charge is 2.29. The Hall–Kier alpha value is -1.87. The van der Waals surface area contributed by atoms with Gasteiger partial charge in [-0.3, -0.25) is 9.59 Å². The smallest absolute Gasteiger partial charge is 0.287 e. The average Bonchev–Trinajstić information content (AvgIpc) is 3.34. The van der Waals surface area contributed by atoms with Crippen LogP contribution in [0, 0.1) is 0 Å². The molecule has 0 aliphatic carbocycles. The van der Waals surface area contributed by atoms with Gasteiger partial charge >= 0.3 is 0 Å². The molecule has 3 rings (SSSR count). The first-order chi connectivity index (χ1) is 12.5. The summed E-state index contributed by atoms with van der Waals surface area (Å²) in [7, 11) is -3.69. The van der Waals surface area contributed by atoms with Crippen LogP contribution in [-0.2, 0) is 14.8 Å². The molecule has 8 nitrogen and oxygen atoms in total. The molecule has 2 amide bonds. The van der Waals surface area contributed by atoms with E-state index in [0.29, 0.717) is 13.1 Å². The van der Waals surface area contributed by atoms with E-state index in [1.54, 1.807) is 4.90 Å². The van der Waals surface area contributed by atoms with Gasteiger partial charge in [0.15, 0.2) is 5.76 Å². The number of rotatable bonds is 6. The Morgan fingerprint density at radius 1 is 1.00 bits per heavy atom. The number of carbonyl (C=O) groups excluding carboxylic acids is 2. The van der Waals surface area contributed by atoms with Gasteiger partial charge in [-0.1, -0.05) is 6.42 Å². The summed E-state index contributed by atoms with van der Waals surface area (Å²) in [6, 6.07) is 2.67. The number of likely N-dealkylation sites (tertiary alicyclic amines) is 1. The lowest BCUT2D eigenvalue weighted by atomic mass is 10.2. The summed E-state index contributed by atoms with van der Waals surface area (Å²) in [5.74, 6) is -0.552. The molecule has 9 heteroatoms. The van der Waals surface area contributed by atoms with Crippen LogP contribution in [0.15, 0.2) is 21.6 Å². The lowest BCUT2D eigenvalue weighted by molar-refractivity contribution is -0.129. The average molecular weight is 383 g/mol. The molecule has 0 saturated carbocycles. The molecule has 3 heterocycles. The van der Waals surface area contributed by atoms with Gasteiger partial charge < -0.3 is 14.6 Å². The maximum atomic E-state index is 12.5. The second-order valence-electron chi connectivity index (χ2n) is 6.68. The van der Waals surface area contributed by atoms with E-state index in [-0.39, 0.29) is 29.7 Å². The molecule has 2 saturated heterocycles. The van der Waals surface area contributed by atoms with Gasteiger partial charge in [0.1, 0.15) is 0 Å². The van der Waals surface area contributed by atoms with Crippen molar-refractivity contribution in [2.24, 2.45) is 0 Å². The first kappa shape index (κ1) is 18.9. The zero-order valence-electron chi connectivity index (χ0n) is 14.8. The van der Waals surface area contributed by atoms with E-state index in [2.05, 4.69) is 5.32 Å². The summed E-state index contributed by atoms with van der Waals surface area (Å²) in [6.07, 6.45) is 4.97. The zero-order chi connectivity index (χ0) is 18.6. The summed E-state index contributed by atoms with van der Waals surface area (Å²) in [5, 5.41) is 2.40. The van der Waals surface area contributed by atoms with Gasteiger partial charge in [0, 0.05) is 39.1 Å². The van der Waals surface area contributed by atoms with Crippen LogP contribution in [-0.4, -0.2) is 62.2 Å². The highest BCUT2D eigenvalue weighted by Crippen LogP contribution is 2.22. The van der Waals surface area contributed by atoms with Gasteiger partial charge in [0.25, 0.3) is 15.9 Å². The number of piperidine rings is 1. The summed E-state index contributed by atoms with van der Waals surface area (Å²) in [4.78, 5) is 25.9. The maximum Gasteiger partial charge on any atom is 0.287 e. The Balaban J connectivity index is 1.53. The van der Waals surface area contributed by atoms with Crippen molar-refractivity contribution in [1.29, 1.82) is 0 Å². The van der Waals surface area contributed by atoms with Gasteiger partial charge in [-0.25, -0.2) is 8.42 Å². The molecule has 1 aromatic rings. The van der Waals surface area contributed by atoms with Gasteiger partial charge in [-0.05, 0) is 37.8 Å². The van der Waals surface area contributed by atoms with E-state index >= 15 is 0 Å². The highest BCUT2D eigenvalue weighted by atomic mass is 32.2. The van der Waals surface area contributed by atoms with Gasteiger partial charge in [-0.15, -0.1) is 0 Å². The second kappa shape index (κ2) is 8.22. The standard InChI is InChI=1S/C17H25N3O5S/c21-15(19-10-4-5-11-19)8-9-18-17(22)14-6-7-16(25-14)26(23,24)20-12-2-1-3-13-20/h6-7H,1-5,8-13H2,(H,18,22). The van der Waals surface area contributed by atoms with Crippen molar-refractivity contribution < 1.29 is 22.4 Å². The largest absolute Gasteiger partial charge is 0.438 e. The van der Waals surface area contributed by atoms with Crippen LogP contribution >= 0.6 is 0 Å². The third kappa shape index (κ3) is 4.27. The van der Waals surface area contributed by atoms with Crippen molar-refractivity contribution in [2.45, 2.75) is 43.6 Å². The molecule has 1 N–H and O–H groups in total. The lowest BCUT2D eigenvalue weighted by Gasteiger charge is -2.24. The number of amides is 2. The van der Waals surface area contributed by atoms with E-state index in [1.807, 2.05) is 0 Å². The van der Waals surface area contributed by atoms with E-state index in [0.717, 1.165) is 45.2 Å². The third-order valence-electron chi connectivity index (χ3n) is 4.80. The predicted molar refractivity (Wildman–Crippen MR) is 94.1 cm³/mol. The normalized spacial score (nSPS) is 18.8. The number of hydrogen-bond acceptors (Lipinski definition) is 5. The molecule has 0 radical (unpaired) electrons. The number of furan rings is 1. The molecule has 0 aromatic carbocycles. The maximum absolute atomic E-state index is 12.5. The molecule has 0 bridgehead atoms. The van der Waals surface area contributed by atoms with Crippen LogP contribution in [0.4, 0.5) is 0 Å². The van der Waals surface area contributed by atoms with Crippen LogP contribution in [0.1, 0.15) is 49.1 Å². The fourth-order valence-corrected chi connectivity index (χ4v) is 4.74. The van der Waals surface area contributed by atoms with E-state index in [1.165, 1.54) is 16.4 Å². The van der Waals surface area contributed by atoms with Crippen molar-refractivity contribution in [3.8, 4) is 0 Å². The fraction of sp³-hybridized carbons (Fsp3) is 0.647. The Bertz CT molecular complexity index is 746. The SMILES string of the molecule is O=C(NCCC(=O)N1CCCC1)c1ccc(S(=O)(=O)N2CCCCC2)o1. The number of nitrogens with zero attached hydrogens (tertiary/aromatic N) is 2. The van der Waals surface area contributed by atoms with Crippen LogP contribution in [0.25, 0.3) is 0 Å². The molecule has 2 aliphatic heterocycles. The van der Waals surface area contributed by atoms with Crippen molar-refractivity contribution in [3.05, 3.63) is 17.9 Å². The van der Waals surface area contributed by atoms with Crippen LogP contribution in [0.2, 0.25) is 0 Å². The first-order valence-electron chi connectivity index (χ1n) is 9.14. The van der Waals surface area contributed by atoms with Gasteiger partial charge in [-0.2, -0.15) is 4.31 Å². The minimum Gasteiger partial charge on any atom is -0.438 e. The lowest BCUT2D eigenvalue weighted by Crippen LogP contribution is -2.35. The molecule has 26 heavy (non-hydrogen) atoms. The van der Waals surface area contributed by atoms with E-state index in [4.69, 9.17) is 4.42 Å². The summed E-state index contributed by atoms with van der Waals surface area (Å²) >= 11 is 0. The zero-order valence-corrected chi connectivity index (χ0v) is 15.6. The molecule has 0 atom stereocenters. The topological polar surface area (TPSA) is 99.9 Å². The molecule has 2 fully saturated rings. The Kier molecular flexibility index (Phi) is 5.98. The minimum atomic E-state index is -3.69. The molecule has 144 valence electrons. The predicted octanol–water partition coefficient (Wildman–Crippen LogP) is 1.20. The minimum absolute atomic E-state index is 0.0237. The molecular formula is C17H25N3O5S. The highest BCUT2D eigenvalue weighted by molar-refractivity contribution is 7.89. The van der Waals surface area contributed by atoms with E-state index in [9.17, 15) is 18.0 Å². The molecular weight excluding hydrogens is 358 g/mol. The molecule has 1 aromatic heterocycles. The monoisotopic (exact) mass is 383 g/mol. The number of hydrogen-bond donors (Lipinski definition) is 1. The van der Waals surface area contributed by atoms with E-state index < -0.39 is 15.9 Å². The van der Waals surface area contributed by atoms with Gasteiger partial charge in [0.2, 0.25) is 11.0 Å². The van der Waals surface area contributed by atoms with Crippen LogP contribution in [0.5, 0.6) is 0 Å². The van der Waals surface area contributed by atoms with Crippen molar-refractivity contribution >= 4 is 21.8 Å². The Morgan fingerprint density at radius 3 is 2.35 bits per heavy atom. The first-order valence-corrected chi connectivity index (χ1v) is 10.6. The van der Waals surface area contributed by atoms with Crippen molar-refractivity contribution in [3.63, 3.8) is 0 Å². The number of carbonyl (C=O) groups is 2. The quantitative estimate of drug-likeness (QED) is 0.796. The van der Waals surface area contributed by atoms with Crippen molar-refractivity contribution in [2.75, 3.05) is 32.7 Å². The third-order valence-corrected chi connectivity index (χ3v) is 6.57. The van der Waals surface area contributed by atoms with Crippen LogP contribution in [0.3, 0.4) is 0 Å². The van der Waals surface area contributed by atoms with Gasteiger partial charge in [0.05, 0.1) is 0 Å². The van der Waals surface area contributed by atoms with Crippen molar-refractivity contribution in [1.82, 2.24) is 14.5 Å². The Morgan fingerprint density at radius 2 is 1.65 bits per heavy atom. The molecule has 2 aliphatic rings. The number of nitrogens with one attached hydrogen (secondary N) is 1. The van der Waals surface area contributed by atoms with Crippen LogP contribution < -0.4 is 5.32 Å². The summed E-state index contributed by atoms with van der Waals surface area (Å²) < 4.78 is 31.7. The second-order valence-corrected chi connectivity index (χ2v) is 8.55. The number of sulfonamides is 1. The Labute approximate surface area is 153 Å². The molecule has 0 unspecified atom stereocenters. The summed E-state index contributed by atoms with van der Waals surface area (Å²) in [6.45, 7) is 2.71. The molecule has 0 spiro atoms. The summed E-state index contributed by atoms with van der Waals surface area (Å²) in [5.41, 5.74) is 0. The fourth-order valence-electron chi connectivity index (χ4n) is 3.31.